The summed E-state index contributed by atoms with van der Waals surface area (Å²) in [5.41, 5.74) is 3.50. The van der Waals surface area contributed by atoms with Crippen molar-refractivity contribution in [1.82, 2.24) is 0 Å². The lowest BCUT2D eigenvalue weighted by Gasteiger charge is -2.10. The van der Waals surface area contributed by atoms with Crippen molar-refractivity contribution in [2.75, 3.05) is 15.8 Å². The molecule has 2 aromatic carbocycles. The maximum absolute atomic E-state index is 12.2. The van der Waals surface area contributed by atoms with Gasteiger partial charge in [0.05, 0.1) is 5.75 Å². The fraction of sp³-hybridized carbons (Fsp3) is 0.150. The number of sulfonamides is 1. The zero-order valence-corrected chi connectivity index (χ0v) is 17.9. The van der Waals surface area contributed by atoms with E-state index in [9.17, 15) is 13.2 Å². The van der Waals surface area contributed by atoms with Gasteiger partial charge in [-0.05, 0) is 66.8 Å². The maximum atomic E-state index is 12.2. The van der Waals surface area contributed by atoms with E-state index in [1.165, 1.54) is 23.1 Å². The molecule has 0 aliphatic rings. The van der Waals surface area contributed by atoms with Crippen LogP contribution in [0.3, 0.4) is 0 Å². The van der Waals surface area contributed by atoms with Gasteiger partial charge in [0.1, 0.15) is 4.21 Å². The minimum atomic E-state index is -3.55. The summed E-state index contributed by atoms with van der Waals surface area (Å²) < 4.78 is 27.3. The third-order valence-corrected chi connectivity index (χ3v) is 7.91. The molecule has 0 saturated heterocycles. The number of anilines is 2. The number of carbonyl (C=O) groups excluding carboxylic acids is 1. The summed E-state index contributed by atoms with van der Waals surface area (Å²) in [4.78, 5) is 13.1. The van der Waals surface area contributed by atoms with Crippen LogP contribution in [-0.2, 0) is 14.8 Å². The van der Waals surface area contributed by atoms with Gasteiger partial charge in [-0.15, -0.1) is 23.1 Å². The second-order valence-electron chi connectivity index (χ2n) is 6.15. The first-order valence-electron chi connectivity index (χ1n) is 8.50. The van der Waals surface area contributed by atoms with E-state index in [0.717, 1.165) is 21.7 Å². The minimum absolute atomic E-state index is 0.0822. The Hall–Kier alpha value is -2.29. The van der Waals surface area contributed by atoms with Crippen molar-refractivity contribution in [2.45, 2.75) is 23.0 Å². The average Bonchev–Trinajstić information content (AvgIpc) is 3.21. The smallest absolute Gasteiger partial charge is 0.271 e. The number of rotatable bonds is 7. The molecule has 0 unspecified atom stereocenters. The van der Waals surface area contributed by atoms with E-state index >= 15 is 0 Å². The summed E-state index contributed by atoms with van der Waals surface area (Å²) in [6.45, 7) is 3.99. The molecule has 0 aliphatic heterocycles. The van der Waals surface area contributed by atoms with Gasteiger partial charge in [0.25, 0.3) is 10.0 Å². The summed E-state index contributed by atoms with van der Waals surface area (Å²) in [5, 5.41) is 4.65. The van der Waals surface area contributed by atoms with E-state index in [1.54, 1.807) is 41.8 Å². The molecule has 3 rings (SSSR count). The molecule has 146 valence electrons. The van der Waals surface area contributed by atoms with Crippen LogP contribution in [0.25, 0.3) is 0 Å². The monoisotopic (exact) mass is 432 g/mol. The molecule has 1 amide bonds. The predicted octanol–water partition coefficient (Wildman–Crippen LogP) is 4.90. The number of thiophene rings is 1. The van der Waals surface area contributed by atoms with Crippen molar-refractivity contribution in [3.63, 3.8) is 0 Å². The van der Waals surface area contributed by atoms with E-state index in [1.807, 2.05) is 32.0 Å². The fourth-order valence-electron chi connectivity index (χ4n) is 2.46. The number of hydrogen-bond donors (Lipinski definition) is 2. The van der Waals surface area contributed by atoms with E-state index < -0.39 is 10.0 Å². The highest BCUT2D eigenvalue weighted by Gasteiger charge is 2.15. The first kappa shape index (κ1) is 20.4. The molecule has 3 aromatic rings. The number of benzene rings is 2. The lowest BCUT2D eigenvalue weighted by molar-refractivity contribution is -0.113. The molecule has 5 nitrogen and oxygen atoms in total. The van der Waals surface area contributed by atoms with Gasteiger partial charge < -0.3 is 5.32 Å². The first-order chi connectivity index (χ1) is 13.3. The van der Waals surface area contributed by atoms with Gasteiger partial charge in [-0.1, -0.05) is 18.2 Å². The SMILES string of the molecule is Cc1cccc(NC(=O)CSc2ccc(NS(=O)(=O)c3cccs3)cc2)c1C. The van der Waals surface area contributed by atoms with Gasteiger partial charge in [-0.25, -0.2) is 8.42 Å². The van der Waals surface area contributed by atoms with Crippen LogP contribution in [0.1, 0.15) is 11.1 Å². The lowest BCUT2D eigenvalue weighted by Crippen LogP contribution is -2.15. The number of nitrogens with one attached hydrogen (secondary N) is 2. The Labute approximate surface area is 173 Å². The summed E-state index contributed by atoms with van der Waals surface area (Å²) in [6.07, 6.45) is 0. The van der Waals surface area contributed by atoms with Crippen LogP contribution in [0.2, 0.25) is 0 Å². The molecule has 0 saturated carbocycles. The molecule has 0 radical (unpaired) electrons. The minimum Gasteiger partial charge on any atom is -0.325 e. The largest absolute Gasteiger partial charge is 0.325 e. The van der Waals surface area contributed by atoms with Crippen LogP contribution < -0.4 is 10.0 Å². The van der Waals surface area contributed by atoms with E-state index in [4.69, 9.17) is 0 Å². The average molecular weight is 433 g/mol. The van der Waals surface area contributed by atoms with Crippen molar-refractivity contribution in [1.29, 1.82) is 0 Å². The Morgan fingerprint density at radius 2 is 1.79 bits per heavy atom. The van der Waals surface area contributed by atoms with Gasteiger partial charge in [0.15, 0.2) is 0 Å². The molecular formula is C20H20N2O3S3. The van der Waals surface area contributed by atoms with Gasteiger partial charge in [-0.3, -0.25) is 9.52 Å². The lowest BCUT2D eigenvalue weighted by atomic mass is 10.1. The number of carbonyl (C=O) groups is 1. The zero-order chi connectivity index (χ0) is 20.1. The molecule has 1 aromatic heterocycles. The number of hydrogen-bond acceptors (Lipinski definition) is 5. The quantitative estimate of drug-likeness (QED) is 0.521. The van der Waals surface area contributed by atoms with Crippen molar-refractivity contribution in [2.24, 2.45) is 0 Å². The highest BCUT2D eigenvalue weighted by molar-refractivity contribution is 8.00. The maximum Gasteiger partial charge on any atom is 0.271 e. The van der Waals surface area contributed by atoms with Crippen LogP contribution in [0.15, 0.2) is 69.1 Å². The number of aryl methyl sites for hydroxylation is 1. The molecule has 2 N–H and O–H groups in total. The Bertz CT molecular complexity index is 1060. The Morgan fingerprint density at radius 1 is 1.04 bits per heavy atom. The fourth-order valence-corrected chi connectivity index (χ4v) is 5.21. The van der Waals surface area contributed by atoms with Crippen molar-refractivity contribution < 1.29 is 13.2 Å². The highest BCUT2D eigenvalue weighted by Crippen LogP contribution is 2.24. The second kappa shape index (κ2) is 8.81. The third kappa shape index (κ3) is 5.15. The van der Waals surface area contributed by atoms with Crippen molar-refractivity contribution >= 4 is 50.4 Å². The highest BCUT2D eigenvalue weighted by atomic mass is 32.2. The zero-order valence-electron chi connectivity index (χ0n) is 15.4. The molecule has 0 fully saturated rings. The topological polar surface area (TPSA) is 75.3 Å². The molecule has 0 bridgehead atoms. The molecule has 1 heterocycles. The summed E-state index contributed by atoms with van der Waals surface area (Å²) in [5.74, 6) is 0.189. The second-order valence-corrected chi connectivity index (χ2v) is 10.1. The summed E-state index contributed by atoms with van der Waals surface area (Å²) in [7, 11) is -3.55. The third-order valence-electron chi connectivity index (χ3n) is 4.12. The van der Waals surface area contributed by atoms with E-state index in [2.05, 4.69) is 10.0 Å². The molecule has 0 aliphatic carbocycles. The molecule has 0 atom stereocenters. The van der Waals surface area contributed by atoms with Crippen LogP contribution in [0.4, 0.5) is 11.4 Å². The van der Waals surface area contributed by atoms with E-state index in [-0.39, 0.29) is 15.9 Å². The number of thioether (sulfide) groups is 1. The molecule has 28 heavy (non-hydrogen) atoms. The standard InChI is InChI=1S/C20H20N2O3S3/c1-14-5-3-6-18(15(14)2)21-19(23)13-27-17-10-8-16(9-11-17)22-28(24,25)20-7-4-12-26-20/h3-12,22H,13H2,1-2H3,(H,21,23). The molecule has 8 heteroatoms. The van der Waals surface area contributed by atoms with E-state index in [0.29, 0.717) is 5.69 Å². The predicted molar refractivity (Wildman–Crippen MR) is 117 cm³/mol. The van der Waals surface area contributed by atoms with Crippen LogP contribution >= 0.6 is 23.1 Å². The van der Waals surface area contributed by atoms with Gasteiger partial charge in [0, 0.05) is 16.3 Å². The normalized spacial score (nSPS) is 11.2. The molecule has 0 spiro atoms. The molecular weight excluding hydrogens is 412 g/mol. The van der Waals surface area contributed by atoms with Crippen LogP contribution in [0, 0.1) is 13.8 Å². The van der Waals surface area contributed by atoms with Crippen LogP contribution in [-0.4, -0.2) is 20.1 Å². The van der Waals surface area contributed by atoms with Gasteiger partial charge >= 0.3 is 0 Å². The van der Waals surface area contributed by atoms with Gasteiger partial charge in [-0.2, -0.15) is 0 Å². The first-order valence-corrected chi connectivity index (χ1v) is 11.9. The summed E-state index contributed by atoms with van der Waals surface area (Å²) >= 11 is 2.56. The van der Waals surface area contributed by atoms with Crippen LogP contribution in [0.5, 0.6) is 0 Å². The Morgan fingerprint density at radius 3 is 2.46 bits per heavy atom. The van der Waals surface area contributed by atoms with Crippen molar-refractivity contribution in [3.05, 3.63) is 71.1 Å². The number of amides is 1. The Balaban J connectivity index is 1.56. The summed E-state index contributed by atoms with van der Waals surface area (Å²) in [6, 6.07) is 16.0. The van der Waals surface area contributed by atoms with Gasteiger partial charge in [0.2, 0.25) is 5.91 Å². The Kier molecular flexibility index (Phi) is 6.43. The van der Waals surface area contributed by atoms with Crippen molar-refractivity contribution in [3.8, 4) is 0 Å².